The first-order valence-corrected chi connectivity index (χ1v) is 11.8. The maximum atomic E-state index is 13.0. The Hall–Kier alpha value is -3.13. The van der Waals surface area contributed by atoms with Gasteiger partial charge >= 0.3 is 0 Å². The van der Waals surface area contributed by atoms with Crippen molar-refractivity contribution in [2.24, 2.45) is 0 Å². The minimum absolute atomic E-state index is 0.0184. The number of nitrogens with zero attached hydrogens (tertiary/aromatic N) is 3. The number of benzene rings is 1. The molecule has 7 nitrogen and oxygen atoms in total. The predicted molar refractivity (Wildman–Crippen MR) is 125 cm³/mol. The van der Waals surface area contributed by atoms with Crippen LogP contribution in [-0.2, 0) is 0 Å². The molecule has 2 aromatic heterocycles. The SMILES string of the molecule is CCOc1ccc(C(=O)N2CCC(NC(=O)c3cc(C)n(-c4nccs4)c3C)CC2)cc1. The summed E-state index contributed by atoms with van der Waals surface area (Å²) in [5.74, 6) is 0.710. The number of hydrogen-bond donors (Lipinski definition) is 1. The molecule has 0 aliphatic carbocycles. The van der Waals surface area contributed by atoms with E-state index in [1.54, 1.807) is 29.7 Å². The van der Waals surface area contributed by atoms with Crippen LogP contribution in [0, 0.1) is 13.8 Å². The molecule has 0 saturated carbocycles. The molecule has 1 aromatic carbocycles. The Bertz CT molecular complexity index is 1080. The van der Waals surface area contributed by atoms with E-state index in [-0.39, 0.29) is 17.9 Å². The number of amides is 2. The van der Waals surface area contributed by atoms with E-state index < -0.39 is 0 Å². The summed E-state index contributed by atoms with van der Waals surface area (Å²) < 4.78 is 7.45. The van der Waals surface area contributed by atoms with Crippen LogP contribution in [0.25, 0.3) is 5.13 Å². The number of nitrogens with one attached hydrogen (secondary N) is 1. The third-order valence-electron chi connectivity index (χ3n) is 5.82. The van der Waals surface area contributed by atoms with Gasteiger partial charge in [-0.05, 0) is 63.9 Å². The molecule has 168 valence electrons. The molecule has 2 amide bonds. The van der Waals surface area contributed by atoms with Crippen molar-refractivity contribution in [1.29, 1.82) is 0 Å². The van der Waals surface area contributed by atoms with Gasteiger partial charge in [0.25, 0.3) is 11.8 Å². The van der Waals surface area contributed by atoms with Crippen LogP contribution in [0.3, 0.4) is 0 Å². The molecule has 4 rings (SSSR count). The van der Waals surface area contributed by atoms with Crippen molar-refractivity contribution in [3.8, 4) is 10.9 Å². The molecule has 8 heteroatoms. The summed E-state index contributed by atoms with van der Waals surface area (Å²) in [4.78, 5) is 32.0. The fraction of sp³-hybridized carbons (Fsp3) is 0.375. The number of carbonyl (C=O) groups excluding carboxylic acids is 2. The first kappa shape index (κ1) is 22.1. The standard InChI is InChI=1S/C24H28N4O3S/c1-4-31-20-7-5-18(6-8-20)23(30)27-12-9-19(10-13-27)26-22(29)21-15-16(2)28(17(21)3)24-25-11-14-32-24/h5-8,11,14-15,19H,4,9-10,12-13H2,1-3H3,(H,26,29). The molecule has 1 fully saturated rings. The molecule has 0 bridgehead atoms. The van der Waals surface area contributed by atoms with Crippen molar-refractivity contribution in [3.63, 3.8) is 0 Å². The number of likely N-dealkylation sites (tertiary alicyclic amines) is 1. The third kappa shape index (κ3) is 4.55. The van der Waals surface area contributed by atoms with Crippen LogP contribution in [0.1, 0.15) is 51.9 Å². The summed E-state index contributed by atoms with van der Waals surface area (Å²) in [6, 6.07) is 9.22. The Morgan fingerprint density at radius 3 is 2.53 bits per heavy atom. The van der Waals surface area contributed by atoms with E-state index in [9.17, 15) is 9.59 Å². The van der Waals surface area contributed by atoms with Gasteiger partial charge in [0.2, 0.25) is 0 Å². The normalized spacial score (nSPS) is 14.4. The maximum absolute atomic E-state index is 13.0. The average molecular weight is 453 g/mol. The fourth-order valence-corrected chi connectivity index (χ4v) is 4.90. The van der Waals surface area contributed by atoms with Crippen LogP contribution in [0.2, 0.25) is 0 Å². The average Bonchev–Trinajstić information content (AvgIpc) is 3.42. The Morgan fingerprint density at radius 1 is 1.19 bits per heavy atom. The van der Waals surface area contributed by atoms with Gasteiger partial charge in [0.05, 0.1) is 12.2 Å². The lowest BCUT2D eigenvalue weighted by Gasteiger charge is -2.32. The summed E-state index contributed by atoms with van der Waals surface area (Å²) in [5.41, 5.74) is 3.20. The minimum atomic E-state index is -0.0720. The Labute approximate surface area is 192 Å². The Kier molecular flexibility index (Phi) is 6.60. The second-order valence-electron chi connectivity index (χ2n) is 7.93. The molecule has 1 N–H and O–H groups in total. The topological polar surface area (TPSA) is 76.5 Å². The van der Waals surface area contributed by atoms with Crippen molar-refractivity contribution in [1.82, 2.24) is 19.8 Å². The molecule has 3 heterocycles. The van der Waals surface area contributed by atoms with E-state index in [4.69, 9.17) is 4.74 Å². The summed E-state index contributed by atoms with van der Waals surface area (Å²) in [5, 5.41) is 5.95. The van der Waals surface area contributed by atoms with E-state index in [0.717, 1.165) is 35.1 Å². The van der Waals surface area contributed by atoms with E-state index in [1.807, 2.05) is 53.8 Å². The van der Waals surface area contributed by atoms with Crippen molar-refractivity contribution in [2.45, 2.75) is 39.7 Å². The first-order chi connectivity index (χ1) is 15.5. The van der Waals surface area contributed by atoms with Crippen LogP contribution in [0.5, 0.6) is 5.75 Å². The third-order valence-corrected chi connectivity index (χ3v) is 6.57. The van der Waals surface area contributed by atoms with Crippen LogP contribution >= 0.6 is 11.3 Å². The summed E-state index contributed by atoms with van der Waals surface area (Å²) in [6.07, 6.45) is 3.24. The van der Waals surface area contributed by atoms with Gasteiger partial charge in [0, 0.05) is 47.7 Å². The highest BCUT2D eigenvalue weighted by molar-refractivity contribution is 7.12. The molecule has 0 spiro atoms. The largest absolute Gasteiger partial charge is 0.494 e. The van der Waals surface area contributed by atoms with Crippen molar-refractivity contribution >= 4 is 23.2 Å². The van der Waals surface area contributed by atoms with Gasteiger partial charge in [-0.15, -0.1) is 11.3 Å². The molecule has 1 aliphatic rings. The Balaban J connectivity index is 1.35. The number of ether oxygens (including phenoxy) is 1. The van der Waals surface area contributed by atoms with Gasteiger partial charge in [-0.25, -0.2) is 4.98 Å². The highest BCUT2D eigenvalue weighted by Crippen LogP contribution is 2.23. The number of rotatable bonds is 6. The zero-order valence-corrected chi connectivity index (χ0v) is 19.4. The summed E-state index contributed by atoms with van der Waals surface area (Å²) in [7, 11) is 0. The van der Waals surface area contributed by atoms with Crippen molar-refractivity contribution < 1.29 is 14.3 Å². The molecule has 0 radical (unpaired) electrons. The van der Waals surface area contributed by atoms with Crippen LogP contribution in [0.4, 0.5) is 0 Å². The van der Waals surface area contributed by atoms with E-state index in [1.165, 1.54) is 0 Å². The number of hydrogen-bond acceptors (Lipinski definition) is 5. The smallest absolute Gasteiger partial charge is 0.253 e. The number of carbonyl (C=O) groups is 2. The molecular formula is C24H28N4O3S. The highest BCUT2D eigenvalue weighted by Gasteiger charge is 2.26. The number of aryl methyl sites for hydroxylation is 1. The summed E-state index contributed by atoms with van der Waals surface area (Å²) >= 11 is 1.54. The molecule has 0 atom stereocenters. The van der Waals surface area contributed by atoms with Crippen LogP contribution in [0.15, 0.2) is 41.9 Å². The number of aromatic nitrogens is 2. The zero-order chi connectivity index (χ0) is 22.7. The van der Waals surface area contributed by atoms with Crippen molar-refractivity contribution in [2.75, 3.05) is 19.7 Å². The monoisotopic (exact) mass is 452 g/mol. The molecule has 1 saturated heterocycles. The molecule has 1 aliphatic heterocycles. The minimum Gasteiger partial charge on any atom is -0.494 e. The van der Waals surface area contributed by atoms with E-state index in [0.29, 0.717) is 30.8 Å². The Morgan fingerprint density at radius 2 is 1.91 bits per heavy atom. The van der Waals surface area contributed by atoms with Crippen molar-refractivity contribution in [3.05, 3.63) is 64.4 Å². The lowest BCUT2D eigenvalue weighted by molar-refractivity contribution is 0.0698. The molecular weight excluding hydrogens is 424 g/mol. The van der Waals surface area contributed by atoms with E-state index >= 15 is 0 Å². The van der Waals surface area contributed by atoms with Gasteiger partial charge in [-0.1, -0.05) is 0 Å². The second-order valence-corrected chi connectivity index (χ2v) is 8.81. The quantitative estimate of drug-likeness (QED) is 0.614. The summed E-state index contributed by atoms with van der Waals surface area (Å²) in [6.45, 7) is 7.70. The lowest BCUT2D eigenvalue weighted by Crippen LogP contribution is -2.46. The van der Waals surface area contributed by atoms with Crippen LogP contribution in [-0.4, -0.2) is 52.0 Å². The van der Waals surface area contributed by atoms with Crippen LogP contribution < -0.4 is 10.1 Å². The number of piperidine rings is 1. The van der Waals surface area contributed by atoms with Gasteiger partial charge in [-0.2, -0.15) is 0 Å². The molecule has 3 aromatic rings. The maximum Gasteiger partial charge on any atom is 0.253 e. The lowest BCUT2D eigenvalue weighted by atomic mass is 10.0. The van der Waals surface area contributed by atoms with Gasteiger partial charge in [0.15, 0.2) is 5.13 Å². The molecule has 0 unspecified atom stereocenters. The predicted octanol–water partition coefficient (Wildman–Crippen LogP) is 3.98. The van der Waals surface area contributed by atoms with Gasteiger partial charge < -0.3 is 15.0 Å². The fourth-order valence-electron chi connectivity index (χ4n) is 4.15. The highest BCUT2D eigenvalue weighted by atomic mass is 32.1. The first-order valence-electron chi connectivity index (χ1n) is 10.9. The molecule has 32 heavy (non-hydrogen) atoms. The van der Waals surface area contributed by atoms with Gasteiger partial charge in [-0.3, -0.25) is 14.2 Å². The second kappa shape index (κ2) is 9.56. The number of thiazole rings is 1. The van der Waals surface area contributed by atoms with E-state index in [2.05, 4.69) is 10.3 Å². The zero-order valence-electron chi connectivity index (χ0n) is 18.6. The van der Waals surface area contributed by atoms with Gasteiger partial charge in [0.1, 0.15) is 5.75 Å².